The molecule has 0 unspecified atom stereocenters. The van der Waals surface area contributed by atoms with Gasteiger partial charge in [-0.15, -0.1) is 0 Å². The number of hydrogen-bond donors (Lipinski definition) is 3. The maximum absolute atomic E-state index is 14.9. The fourth-order valence-electron chi connectivity index (χ4n) is 4.85. The topological polar surface area (TPSA) is 108 Å². The quantitative estimate of drug-likeness (QED) is 0.339. The van der Waals surface area contributed by atoms with E-state index >= 15 is 0 Å². The number of amides is 1. The standard InChI is InChI=1S/C28H27F2N7O2/c1-16-20(7-8-21(29)25(16)32-26(38)17-3-5-18(6-4-17)28(30)9-10-28)22-14-23(27(39)34-33-22)31-24-13-19-15-36(2)11-12-37(19)35-24/h3-8,13-14H,9-12,15H2,1-2H3,(H,32,38)(H,34,39)(H,31,33,35). The molecule has 2 aromatic carbocycles. The monoisotopic (exact) mass is 531 g/mol. The summed E-state index contributed by atoms with van der Waals surface area (Å²) in [5.74, 6) is -0.591. The summed E-state index contributed by atoms with van der Waals surface area (Å²) in [7, 11) is 2.04. The molecule has 1 aliphatic carbocycles. The van der Waals surface area contributed by atoms with Crippen LogP contribution >= 0.6 is 0 Å². The van der Waals surface area contributed by atoms with Crippen molar-refractivity contribution in [3.05, 3.63) is 87.1 Å². The zero-order chi connectivity index (χ0) is 27.3. The highest BCUT2D eigenvalue weighted by atomic mass is 19.1. The highest BCUT2D eigenvalue weighted by Crippen LogP contribution is 2.49. The van der Waals surface area contributed by atoms with Crippen LogP contribution in [0.2, 0.25) is 0 Å². The Labute approximate surface area is 222 Å². The first-order chi connectivity index (χ1) is 18.7. The van der Waals surface area contributed by atoms with Crippen LogP contribution in [0.5, 0.6) is 0 Å². The van der Waals surface area contributed by atoms with Crippen molar-refractivity contribution in [1.29, 1.82) is 0 Å². The number of rotatable bonds is 6. The Morgan fingerprint density at radius 3 is 2.62 bits per heavy atom. The Balaban J connectivity index is 1.25. The van der Waals surface area contributed by atoms with Crippen LogP contribution in [-0.2, 0) is 18.8 Å². The smallest absolute Gasteiger partial charge is 0.287 e. The Bertz CT molecular complexity index is 1640. The summed E-state index contributed by atoms with van der Waals surface area (Å²) in [4.78, 5) is 27.6. The molecule has 6 rings (SSSR count). The number of aromatic nitrogens is 4. The molecular formula is C28H27F2N7O2. The van der Waals surface area contributed by atoms with Crippen LogP contribution in [0.4, 0.5) is 26.0 Å². The molecule has 3 heterocycles. The lowest BCUT2D eigenvalue weighted by Gasteiger charge is -2.22. The molecule has 1 saturated carbocycles. The number of nitrogens with zero attached hydrogens (tertiary/aromatic N) is 4. The van der Waals surface area contributed by atoms with Crippen LogP contribution in [0.25, 0.3) is 11.3 Å². The zero-order valence-electron chi connectivity index (χ0n) is 21.5. The number of H-pyrrole nitrogens is 1. The van der Waals surface area contributed by atoms with Gasteiger partial charge in [0.25, 0.3) is 11.5 Å². The molecule has 1 fully saturated rings. The largest absolute Gasteiger partial charge is 0.334 e. The molecule has 2 aliphatic rings. The number of hydrogen-bond acceptors (Lipinski definition) is 6. The lowest BCUT2D eigenvalue weighted by molar-refractivity contribution is 0.102. The number of likely N-dealkylation sites (N-methyl/N-ethyl adjacent to an activating group) is 1. The molecule has 1 amide bonds. The van der Waals surface area contributed by atoms with Crippen molar-refractivity contribution in [2.24, 2.45) is 0 Å². The Kier molecular flexibility index (Phi) is 6.02. The predicted molar refractivity (Wildman–Crippen MR) is 143 cm³/mol. The summed E-state index contributed by atoms with van der Waals surface area (Å²) < 4.78 is 31.0. The van der Waals surface area contributed by atoms with Crippen molar-refractivity contribution in [2.75, 3.05) is 24.2 Å². The number of alkyl halides is 1. The van der Waals surface area contributed by atoms with E-state index in [1.165, 1.54) is 18.2 Å². The summed E-state index contributed by atoms with van der Waals surface area (Å²) in [6, 6.07) is 12.5. The van der Waals surface area contributed by atoms with Crippen LogP contribution in [-0.4, -0.2) is 44.4 Å². The summed E-state index contributed by atoms with van der Waals surface area (Å²) in [5, 5.41) is 16.9. The van der Waals surface area contributed by atoms with Gasteiger partial charge in [0.2, 0.25) is 0 Å². The van der Waals surface area contributed by atoms with Gasteiger partial charge in [0.1, 0.15) is 17.2 Å². The number of nitrogens with one attached hydrogen (secondary N) is 3. The third kappa shape index (κ3) is 4.81. The second-order valence-corrected chi connectivity index (χ2v) is 10.2. The van der Waals surface area contributed by atoms with E-state index in [2.05, 4.69) is 30.8 Å². The fourth-order valence-corrected chi connectivity index (χ4v) is 4.85. The third-order valence-electron chi connectivity index (χ3n) is 7.34. The molecular weight excluding hydrogens is 504 g/mol. The van der Waals surface area contributed by atoms with Gasteiger partial charge >= 0.3 is 0 Å². The normalized spacial score (nSPS) is 16.0. The molecule has 2 aromatic heterocycles. The number of carbonyl (C=O) groups excluding carboxylic acids is 1. The summed E-state index contributed by atoms with van der Waals surface area (Å²) in [6.45, 7) is 4.07. The number of carbonyl (C=O) groups is 1. The molecule has 0 bridgehead atoms. The van der Waals surface area contributed by atoms with Gasteiger partial charge in [-0.1, -0.05) is 12.1 Å². The van der Waals surface area contributed by atoms with Gasteiger partial charge in [0, 0.05) is 30.3 Å². The SMILES string of the molecule is Cc1c(-c2cc(Nc3cc4n(n3)CCN(C)C4)c(=O)[nH]n2)ccc(F)c1NC(=O)c1ccc(C2(F)CC2)cc1. The van der Waals surface area contributed by atoms with E-state index in [-0.39, 0.29) is 16.9 Å². The number of aromatic amines is 1. The van der Waals surface area contributed by atoms with Gasteiger partial charge in [-0.2, -0.15) is 10.2 Å². The number of halogens is 2. The van der Waals surface area contributed by atoms with Crippen molar-refractivity contribution >= 4 is 23.1 Å². The number of anilines is 3. The Hall–Kier alpha value is -4.38. The van der Waals surface area contributed by atoms with E-state index in [1.807, 2.05) is 17.8 Å². The van der Waals surface area contributed by atoms with E-state index in [1.54, 1.807) is 31.2 Å². The molecule has 0 atom stereocenters. The predicted octanol–water partition coefficient (Wildman–Crippen LogP) is 4.48. The molecule has 3 N–H and O–H groups in total. The molecule has 11 heteroatoms. The van der Waals surface area contributed by atoms with E-state index in [4.69, 9.17) is 0 Å². The van der Waals surface area contributed by atoms with Crippen molar-refractivity contribution in [3.63, 3.8) is 0 Å². The van der Waals surface area contributed by atoms with Crippen molar-refractivity contribution in [1.82, 2.24) is 24.9 Å². The van der Waals surface area contributed by atoms with E-state index < -0.39 is 23.0 Å². The Morgan fingerprint density at radius 2 is 1.87 bits per heavy atom. The zero-order valence-corrected chi connectivity index (χ0v) is 21.5. The van der Waals surface area contributed by atoms with Crippen LogP contribution in [0, 0.1) is 12.7 Å². The molecule has 9 nitrogen and oxygen atoms in total. The summed E-state index contributed by atoms with van der Waals surface area (Å²) >= 11 is 0. The Morgan fingerprint density at radius 1 is 1.10 bits per heavy atom. The van der Waals surface area contributed by atoms with E-state index in [9.17, 15) is 18.4 Å². The lowest BCUT2D eigenvalue weighted by Crippen LogP contribution is -2.30. The van der Waals surface area contributed by atoms with Gasteiger partial charge in [0.15, 0.2) is 5.82 Å². The first-order valence-corrected chi connectivity index (χ1v) is 12.7. The maximum atomic E-state index is 14.9. The second-order valence-electron chi connectivity index (χ2n) is 10.2. The molecule has 0 saturated heterocycles. The highest BCUT2D eigenvalue weighted by molar-refractivity contribution is 6.05. The van der Waals surface area contributed by atoms with Gasteiger partial charge in [0.05, 0.1) is 23.6 Å². The van der Waals surface area contributed by atoms with Gasteiger partial charge in [-0.3, -0.25) is 19.2 Å². The van der Waals surface area contributed by atoms with Crippen molar-refractivity contribution in [2.45, 2.75) is 38.5 Å². The average molecular weight is 532 g/mol. The van der Waals surface area contributed by atoms with Crippen LogP contribution in [0.1, 0.15) is 40.0 Å². The average Bonchev–Trinajstić information content (AvgIpc) is 3.55. The third-order valence-corrected chi connectivity index (χ3v) is 7.34. The van der Waals surface area contributed by atoms with Crippen LogP contribution in [0.15, 0.2) is 53.3 Å². The minimum atomic E-state index is -1.29. The molecule has 39 heavy (non-hydrogen) atoms. The molecule has 200 valence electrons. The molecule has 1 aliphatic heterocycles. The lowest BCUT2D eigenvalue weighted by atomic mass is 10.0. The fraction of sp³-hybridized carbons (Fsp3) is 0.286. The highest BCUT2D eigenvalue weighted by Gasteiger charge is 2.44. The van der Waals surface area contributed by atoms with E-state index in [0.29, 0.717) is 41.0 Å². The number of fused-ring (bicyclic) bond motifs is 1. The maximum Gasteiger partial charge on any atom is 0.287 e. The first kappa shape index (κ1) is 24.9. The minimum absolute atomic E-state index is 0.000799. The van der Waals surface area contributed by atoms with Crippen LogP contribution in [0.3, 0.4) is 0 Å². The minimum Gasteiger partial charge on any atom is -0.334 e. The molecule has 0 radical (unpaired) electrons. The first-order valence-electron chi connectivity index (χ1n) is 12.7. The van der Waals surface area contributed by atoms with Crippen molar-refractivity contribution in [3.8, 4) is 11.3 Å². The van der Waals surface area contributed by atoms with Crippen molar-refractivity contribution < 1.29 is 13.6 Å². The van der Waals surface area contributed by atoms with Gasteiger partial charge in [-0.05, 0) is 68.3 Å². The summed E-state index contributed by atoms with van der Waals surface area (Å²) in [5.41, 5.74) is 1.73. The second kappa shape index (κ2) is 9.42. The number of benzene rings is 2. The molecule has 4 aromatic rings. The molecule has 0 spiro atoms. The van der Waals surface area contributed by atoms with E-state index in [0.717, 1.165) is 25.3 Å². The van der Waals surface area contributed by atoms with Gasteiger partial charge in [-0.25, -0.2) is 13.9 Å². The van der Waals surface area contributed by atoms with Crippen LogP contribution < -0.4 is 16.2 Å². The van der Waals surface area contributed by atoms with Gasteiger partial charge < -0.3 is 10.6 Å². The summed E-state index contributed by atoms with van der Waals surface area (Å²) in [6.07, 6.45) is 0.960.